The largest absolute Gasteiger partial charge is 0.354 e. The summed E-state index contributed by atoms with van der Waals surface area (Å²) in [6.45, 7) is 2.02. The highest BCUT2D eigenvalue weighted by Gasteiger charge is 2.34. The minimum Gasteiger partial charge on any atom is -0.354 e. The number of carbonyl (C=O) groups excluding carboxylic acids is 3. The topological polar surface area (TPSA) is 92.3 Å². The molecule has 0 aliphatic carbocycles. The standard InChI is InChI=1S/C17H15FN4O3S3/c1-10-20-21-16(27-10)26-9-14(23)19-6-7-22-15(24)13(28-17(22)25)8-11-4-2-3-5-12(11)18/h2-5,8H,6-7,9H2,1H3,(H,19,23)/b13-8-. The lowest BCUT2D eigenvalue weighted by molar-refractivity contribution is -0.123. The molecule has 1 fully saturated rings. The van der Waals surface area contributed by atoms with Gasteiger partial charge < -0.3 is 5.32 Å². The molecule has 11 heteroatoms. The number of imide groups is 1. The maximum atomic E-state index is 13.7. The Hall–Kier alpha value is -2.24. The lowest BCUT2D eigenvalue weighted by Gasteiger charge is -2.12. The first kappa shape index (κ1) is 20.5. The molecule has 146 valence electrons. The summed E-state index contributed by atoms with van der Waals surface area (Å²) in [7, 11) is 0. The Bertz CT molecular complexity index is 947. The Balaban J connectivity index is 1.49. The lowest BCUT2D eigenvalue weighted by atomic mass is 10.2. The van der Waals surface area contributed by atoms with E-state index in [1.807, 2.05) is 6.92 Å². The first-order valence-corrected chi connectivity index (χ1v) is 10.8. The molecule has 2 aromatic rings. The van der Waals surface area contributed by atoms with Crippen LogP contribution in [0.25, 0.3) is 6.08 Å². The van der Waals surface area contributed by atoms with Crippen LogP contribution in [0.4, 0.5) is 9.18 Å². The molecule has 0 spiro atoms. The molecule has 3 rings (SSSR count). The number of thioether (sulfide) groups is 2. The average Bonchev–Trinajstić information content (AvgIpc) is 3.19. The van der Waals surface area contributed by atoms with Gasteiger partial charge >= 0.3 is 0 Å². The molecule has 0 unspecified atom stereocenters. The van der Waals surface area contributed by atoms with Gasteiger partial charge in [0, 0.05) is 18.7 Å². The van der Waals surface area contributed by atoms with Gasteiger partial charge in [0.05, 0.1) is 10.7 Å². The molecule has 0 atom stereocenters. The van der Waals surface area contributed by atoms with Gasteiger partial charge in [-0.05, 0) is 30.8 Å². The second-order valence-electron chi connectivity index (χ2n) is 5.58. The first-order chi connectivity index (χ1) is 13.4. The fourth-order valence-electron chi connectivity index (χ4n) is 2.25. The van der Waals surface area contributed by atoms with Gasteiger partial charge in [0.15, 0.2) is 4.34 Å². The molecule has 1 aliphatic heterocycles. The number of nitrogens with zero attached hydrogens (tertiary/aromatic N) is 3. The minimum absolute atomic E-state index is 0.0492. The second-order valence-corrected chi connectivity index (χ2v) is 8.98. The van der Waals surface area contributed by atoms with Crippen molar-refractivity contribution >= 4 is 58.0 Å². The summed E-state index contributed by atoms with van der Waals surface area (Å²) in [5.74, 6) is -1.02. The van der Waals surface area contributed by atoms with E-state index in [0.29, 0.717) is 4.34 Å². The Labute approximate surface area is 172 Å². The van der Waals surface area contributed by atoms with E-state index in [-0.39, 0.29) is 35.2 Å². The molecule has 28 heavy (non-hydrogen) atoms. The van der Waals surface area contributed by atoms with Gasteiger partial charge in [-0.25, -0.2) is 4.39 Å². The molecular weight excluding hydrogens is 423 g/mol. The van der Waals surface area contributed by atoms with Crippen LogP contribution in [-0.2, 0) is 9.59 Å². The van der Waals surface area contributed by atoms with E-state index in [9.17, 15) is 18.8 Å². The Morgan fingerprint density at radius 3 is 2.82 bits per heavy atom. The van der Waals surface area contributed by atoms with E-state index >= 15 is 0 Å². The maximum absolute atomic E-state index is 13.7. The van der Waals surface area contributed by atoms with Crippen LogP contribution < -0.4 is 5.32 Å². The Morgan fingerprint density at radius 1 is 1.32 bits per heavy atom. The lowest BCUT2D eigenvalue weighted by Crippen LogP contribution is -2.37. The predicted octanol–water partition coefficient (Wildman–Crippen LogP) is 2.93. The van der Waals surface area contributed by atoms with Gasteiger partial charge in [-0.15, -0.1) is 10.2 Å². The molecule has 1 aliphatic rings. The zero-order chi connectivity index (χ0) is 20.1. The molecule has 1 aromatic carbocycles. The molecule has 1 saturated heterocycles. The number of nitrogens with one attached hydrogen (secondary N) is 1. The quantitative estimate of drug-likeness (QED) is 0.525. The van der Waals surface area contributed by atoms with Crippen LogP contribution in [0.2, 0.25) is 0 Å². The third kappa shape index (κ3) is 5.18. The highest BCUT2D eigenvalue weighted by atomic mass is 32.2. The van der Waals surface area contributed by atoms with Gasteiger partial charge in [-0.3, -0.25) is 19.3 Å². The zero-order valence-electron chi connectivity index (χ0n) is 14.7. The summed E-state index contributed by atoms with van der Waals surface area (Å²) in [5.41, 5.74) is 0.241. The predicted molar refractivity (Wildman–Crippen MR) is 107 cm³/mol. The first-order valence-electron chi connectivity index (χ1n) is 8.13. The number of aryl methyl sites for hydroxylation is 1. The van der Waals surface area contributed by atoms with Crippen LogP contribution >= 0.6 is 34.9 Å². The molecule has 0 bridgehead atoms. The van der Waals surface area contributed by atoms with Crippen molar-refractivity contribution in [3.63, 3.8) is 0 Å². The number of amides is 3. The van der Waals surface area contributed by atoms with Crippen LogP contribution in [0.5, 0.6) is 0 Å². The van der Waals surface area contributed by atoms with Crippen molar-refractivity contribution in [3.05, 3.63) is 45.6 Å². The van der Waals surface area contributed by atoms with E-state index in [2.05, 4.69) is 15.5 Å². The SMILES string of the molecule is Cc1nnc(SCC(=O)NCCN2C(=O)S/C(=C\c3ccccc3F)C2=O)s1. The molecule has 1 aromatic heterocycles. The third-order valence-electron chi connectivity index (χ3n) is 3.56. The van der Waals surface area contributed by atoms with Crippen molar-refractivity contribution in [2.75, 3.05) is 18.8 Å². The molecule has 0 radical (unpaired) electrons. The van der Waals surface area contributed by atoms with Crippen LogP contribution in [0.3, 0.4) is 0 Å². The third-order valence-corrected chi connectivity index (χ3v) is 6.44. The van der Waals surface area contributed by atoms with Crippen LogP contribution in [0, 0.1) is 12.7 Å². The van der Waals surface area contributed by atoms with E-state index in [4.69, 9.17) is 0 Å². The number of halogens is 1. The molecule has 2 heterocycles. The van der Waals surface area contributed by atoms with Gasteiger partial charge in [-0.1, -0.05) is 41.3 Å². The second kappa shape index (κ2) is 9.30. The Morgan fingerprint density at radius 2 is 2.11 bits per heavy atom. The van der Waals surface area contributed by atoms with E-state index in [1.54, 1.807) is 12.1 Å². The zero-order valence-corrected chi connectivity index (χ0v) is 17.1. The van der Waals surface area contributed by atoms with Gasteiger partial charge in [0.2, 0.25) is 5.91 Å². The van der Waals surface area contributed by atoms with E-state index < -0.39 is 17.0 Å². The maximum Gasteiger partial charge on any atom is 0.293 e. The smallest absolute Gasteiger partial charge is 0.293 e. The number of benzene rings is 1. The van der Waals surface area contributed by atoms with Crippen LogP contribution in [0.1, 0.15) is 10.6 Å². The summed E-state index contributed by atoms with van der Waals surface area (Å²) in [6, 6.07) is 6.01. The minimum atomic E-state index is -0.494. The van der Waals surface area contributed by atoms with Crippen molar-refractivity contribution < 1.29 is 18.8 Å². The monoisotopic (exact) mass is 438 g/mol. The number of carbonyl (C=O) groups is 3. The highest BCUT2D eigenvalue weighted by Crippen LogP contribution is 2.32. The molecular formula is C17H15FN4O3S3. The van der Waals surface area contributed by atoms with Crippen molar-refractivity contribution in [1.29, 1.82) is 0 Å². The van der Waals surface area contributed by atoms with Crippen molar-refractivity contribution in [2.45, 2.75) is 11.3 Å². The summed E-state index contributed by atoms with van der Waals surface area (Å²) in [4.78, 5) is 37.5. The fraction of sp³-hybridized carbons (Fsp3) is 0.235. The fourth-order valence-corrected chi connectivity index (χ4v) is 4.75. The highest BCUT2D eigenvalue weighted by molar-refractivity contribution is 8.18. The number of hydrogen-bond acceptors (Lipinski definition) is 8. The summed E-state index contributed by atoms with van der Waals surface area (Å²) in [6.07, 6.45) is 1.36. The van der Waals surface area contributed by atoms with Gasteiger partial charge in [0.25, 0.3) is 11.1 Å². The summed E-state index contributed by atoms with van der Waals surface area (Å²) < 4.78 is 14.4. The van der Waals surface area contributed by atoms with Gasteiger partial charge in [-0.2, -0.15) is 0 Å². The van der Waals surface area contributed by atoms with E-state index in [0.717, 1.165) is 21.7 Å². The molecule has 3 amide bonds. The molecule has 0 saturated carbocycles. The van der Waals surface area contributed by atoms with Gasteiger partial charge in [0.1, 0.15) is 10.8 Å². The van der Waals surface area contributed by atoms with Crippen molar-refractivity contribution in [3.8, 4) is 0 Å². The summed E-state index contributed by atoms with van der Waals surface area (Å²) >= 11 is 3.43. The number of hydrogen-bond donors (Lipinski definition) is 1. The molecule has 7 nitrogen and oxygen atoms in total. The van der Waals surface area contributed by atoms with Crippen molar-refractivity contribution in [1.82, 2.24) is 20.4 Å². The van der Waals surface area contributed by atoms with Crippen LogP contribution in [-0.4, -0.2) is 51.0 Å². The average molecular weight is 439 g/mol. The Kier molecular flexibility index (Phi) is 6.81. The molecule has 1 N–H and O–H groups in total. The normalized spacial score (nSPS) is 15.5. The van der Waals surface area contributed by atoms with Crippen molar-refractivity contribution in [2.24, 2.45) is 0 Å². The number of aromatic nitrogens is 2. The van der Waals surface area contributed by atoms with E-state index in [1.165, 1.54) is 41.3 Å². The van der Waals surface area contributed by atoms with Crippen LogP contribution in [0.15, 0.2) is 33.5 Å². The summed E-state index contributed by atoms with van der Waals surface area (Å²) in [5, 5.41) is 10.8. The number of rotatable bonds is 7.